The number of hydrogen-bond acceptors (Lipinski definition) is 4. The summed E-state index contributed by atoms with van der Waals surface area (Å²) in [6, 6.07) is 6.66. The van der Waals surface area contributed by atoms with Crippen molar-refractivity contribution in [3.63, 3.8) is 0 Å². The van der Waals surface area contributed by atoms with Crippen LogP contribution < -0.4 is 0 Å². The fraction of sp³-hybridized carbons (Fsp3) is 0.429. The van der Waals surface area contributed by atoms with E-state index in [-0.39, 0.29) is 11.4 Å². The molecule has 0 bridgehead atoms. The lowest BCUT2D eigenvalue weighted by atomic mass is 9.82. The van der Waals surface area contributed by atoms with Crippen LogP contribution in [0.15, 0.2) is 33.6 Å². The fourth-order valence-electron chi connectivity index (χ4n) is 2.91. The Morgan fingerprint density at radius 2 is 2.10 bits per heavy atom. The standard InChI is InChI=1S/C14H16N2O4S/c1-14(13(17)18)7-4-8-16(9-14)12-10-5-2-3-6-11(10)21(19,20)15-12/h2-3,5-6H,4,7-9H2,1H3,(H,17,18). The molecule has 1 aromatic carbocycles. The van der Waals surface area contributed by atoms with Crippen LogP contribution in [0.5, 0.6) is 0 Å². The van der Waals surface area contributed by atoms with Crippen molar-refractivity contribution in [3.05, 3.63) is 29.8 Å². The quantitative estimate of drug-likeness (QED) is 0.845. The molecule has 3 rings (SSSR count). The lowest BCUT2D eigenvalue weighted by molar-refractivity contribution is -0.150. The zero-order valence-corrected chi connectivity index (χ0v) is 12.4. The van der Waals surface area contributed by atoms with Gasteiger partial charge in [-0.25, -0.2) is 0 Å². The Bertz CT molecular complexity index is 741. The van der Waals surface area contributed by atoms with Gasteiger partial charge in [-0.3, -0.25) is 4.79 Å². The van der Waals surface area contributed by atoms with E-state index in [0.717, 1.165) is 0 Å². The van der Waals surface area contributed by atoms with E-state index in [1.54, 1.807) is 30.0 Å². The van der Waals surface area contributed by atoms with Gasteiger partial charge in [-0.2, -0.15) is 8.42 Å². The number of benzene rings is 1. The Labute approximate surface area is 123 Å². The molecule has 0 spiro atoms. The summed E-state index contributed by atoms with van der Waals surface area (Å²) >= 11 is 0. The summed E-state index contributed by atoms with van der Waals surface area (Å²) in [5.74, 6) is -0.486. The minimum absolute atomic E-state index is 0.197. The van der Waals surface area contributed by atoms with Gasteiger partial charge in [-0.1, -0.05) is 12.1 Å². The van der Waals surface area contributed by atoms with Gasteiger partial charge in [0.2, 0.25) is 0 Å². The molecular weight excluding hydrogens is 292 g/mol. The summed E-state index contributed by atoms with van der Waals surface area (Å²) < 4.78 is 28.0. The third-order valence-corrected chi connectivity index (χ3v) is 5.45. The lowest BCUT2D eigenvalue weighted by Crippen LogP contribution is -2.48. The van der Waals surface area contributed by atoms with E-state index in [4.69, 9.17) is 0 Å². The largest absolute Gasteiger partial charge is 0.481 e. The van der Waals surface area contributed by atoms with E-state index in [9.17, 15) is 18.3 Å². The molecule has 7 heteroatoms. The molecule has 1 fully saturated rings. The van der Waals surface area contributed by atoms with Crippen LogP contribution in [0, 0.1) is 5.41 Å². The normalized spacial score (nSPS) is 27.1. The van der Waals surface area contributed by atoms with Crippen LogP contribution in [0.2, 0.25) is 0 Å². The molecule has 2 aliphatic rings. The maximum absolute atomic E-state index is 12.1. The molecule has 0 aliphatic carbocycles. The van der Waals surface area contributed by atoms with Crippen molar-refractivity contribution in [1.29, 1.82) is 0 Å². The molecule has 0 radical (unpaired) electrons. The van der Waals surface area contributed by atoms with Crippen LogP contribution >= 0.6 is 0 Å². The average molecular weight is 308 g/mol. The second-order valence-corrected chi connectivity index (χ2v) is 7.35. The van der Waals surface area contributed by atoms with Gasteiger partial charge in [0.05, 0.1) is 5.41 Å². The summed E-state index contributed by atoms with van der Waals surface area (Å²) in [5.41, 5.74) is -0.311. The Morgan fingerprint density at radius 1 is 1.38 bits per heavy atom. The molecule has 1 unspecified atom stereocenters. The molecule has 1 aromatic rings. The molecule has 0 aromatic heterocycles. The average Bonchev–Trinajstić information content (AvgIpc) is 2.71. The molecular formula is C14H16N2O4S. The molecule has 112 valence electrons. The number of carbonyl (C=O) groups is 1. The number of likely N-dealkylation sites (tertiary alicyclic amines) is 1. The summed E-state index contributed by atoms with van der Waals surface area (Å²) in [4.78, 5) is 13.4. The number of rotatable bonds is 1. The minimum atomic E-state index is -3.66. The predicted octanol–water partition coefficient (Wildman–Crippen LogP) is 1.32. The molecule has 1 saturated heterocycles. The summed E-state index contributed by atoms with van der Waals surface area (Å²) in [6.07, 6.45) is 1.28. The van der Waals surface area contributed by atoms with Crippen molar-refractivity contribution in [2.75, 3.05) is 13.1 Å². The highest BCUT2D eigenvalue weighted by Gasteiger charge is 2.41. The zero-order chi connectivity index (χ0) is 15.3. The first-order chi connectivity index (χ1) is 9.83. The van der Waals surface area contributed by atoms with Crippen molar-refractivity contribution >= 4 is 21.8 Å². The number of piperidine rings is 1. The lowest BCUT2D eigenvalue weighted by Gasteiger charge is -2.38. The van der Waals surface area contributed by atoms with E-state index >= 15 is 0 Å². The van der Waals surface area contributed by atoms with Gasteiger partial charge in [0.25, 0.3) is 10.0 Å². The maximum atomic E-state index is 12.1. The third-order valence-electron chi connectivity index (χ3n) is 4.12. The highest BCUT2D eigenvalue weighted by atomic mass is 32.2. The molecule has 1 atom stereocenters. The fourth-order valence-corrected chi connectivity index (χ4v) is 4.14. The number of fused-ring (bicyclic) bond motifs is 1. The molecule has 1 N–H and O–H groups in total. The highest BCUT2D eigenvalue weighted by molar-refractivity contribution is 7.90. The van der Waals surface area contributed by atoms with Gasteiger partial charge < -0.3 is 10.0 Å². The van der Waals surface area contributed by atoms with Gasteiger partial charge in [0, 0.05) is 18.7 Å². The van der Waals surface area contributed by atoms with Crippen molar-refractivity contribution in [2.45, 2.75) is 24.7 Å². The molecule has 2 heterocycles. The summed E-state index contributed by atoms with van der Waals surface area (Å²) in [7, 11) is -3.66. The zero-order valence-electron chi connectivity index (χ0n) is 11.6. The van der Waals surface area contributed by atoms with Gasteiger partial charge in [-0.15, -0.1) is 4.40 Å². The Morgan fingerprint density at radius 3 is 2.81 bits per heavy atom. The first-order valence-electron chi connectivity index (χ1n) is 6.76. The topological polar surface area (TPSA) is 87.0 Å². The Hall–Kier alpha value is -1.89. The van der Waals surface area contributed by atoms with E-state index in [1.165, 1.54) is 6.07 Å². The number of carboxylic acid groups (broad SMARTS) is 1. The van der Waals surface area contributed by atoms with Gasteiger partial charge in [-0.05, 0) is 31.9 Å². The highest BCUT2D eigenvalue weighted by Crippen LogP contribution is 2.34. The Balaban J connectivity index is 2.01. The second-order valence-electron chi connectivity index (χ2n) is 5.78. The SMILES string of the molecule is CC1(C(=O)O)CCCN(C2=NS(=O)(=O)c3ccccc32)C1. The number of aliphatic carboxylic acids is 1. The van der Waals surface area contributed by atoms with Crippen LogP contribution in [0.25, 0.3) is 0 Å². The van der Waals surface area contributed by atoms with E-state index < -0.39 is 21.4 Å². The van der Waals surface area contributed by atoms with Crippen molar-refractivity contribution in [3.8, 4) is 0 Å². The number of carboxylic acids is 1. The van der Waals surface area contributed by atoms with Crippen LogP contribution in [0.4, 0.5) is 0 Å². The number of nitrogens with zero attached hydrogens (tertiary/aromatic N) is 2. The van der Waals surface area contributed by atoms with Gasteiger partial charge in [0.15, 0.2) is 5.84 Å². The van der Waals surface area contributed by atoms with Crippen LogP contribution in [-0.2, 0) is 14.8 Å². The van der Waals surface area contributed by atoms with Crippen LogP contribution in [0.1, 0.15) is 25.3 Å². The molecule has 0 amide bonds. The summed E-state index contributed by atoms with van der Waals surface area (Å²) in [5, 5.41) is 9.37. The third kappa shape index (κ3) is 2.21. The molecule has 6 nitrogen and oxygen atoms in total. The number of sulfonamides is 1. The first kappa shape index (κ1) is 14.1. The van der Waals surface area contributed by atoms with Crippen LogP contribution in [0.3, 0.4) is 0 Å². The monoisotopic (exact) mass is 308 g/mol. The van der Waals surface area contributed by atoms with E-state index in [1.807, 2.05) is 0 Å². The first-order valence-corrected chi connectivity index (χ1v) is 8.20. The van der Waals surface area contributed by atoms with E-state index in [2.05, 4.69) is 4.40 Å². The van der Waals surface area contributed by atoms with Gasteiger partial charge >= 0.3 is 5.97 Å². The van der Waals surface area contributed by atoms with Crippen LogP contribution in [-0.4, -0.2) is 43.3 Å². The van der Waals surface area contributed by atoms with E-state index in [0.29, 0.717) is 30.8 Å². The smallest absolute Gasteiger partial charge is 0.311 e. The number of amidine groups is 1. The number of hydrogen-bond donors (Lipinski definition) is 1. The Kier molecular flexibility index (Phi) is 3.05. The summed E-state index contributed by atoms with van der Waals surface area (Å²) in [6.45, 7) is 2.58. The predicted molar refractivity (Wildman–Crippen MR) is 76.7 cm³/mol. The van der Waals surface area contributed by atoms with Crippen molar-refractivity contribution in [1.82, 2.24) is 4.90 Å². The second kappa shape index (κ2) is 4.56. The molecule has 2 aliphatic heterocycles. The van der Waals surface area contributed by atoms with Crippen molar-refractivity contribution < 1.29 is 18.3 Å². The van der Waals surface area contributed by atoms with Gasteiger partial charge in [0.1, 0.15) is 4.90 Å². The maximum Gasteiger partial charge on any atom is 0.311 e. The molecule has 21 heavy (non-hydrogen) atoms. The molecule has 0 saturated carbocycles. The minimum Gasteiger partial charge on any atom is -0.481 e. The van der Waals surface area contributed by atoms with Crippen molar-refractivity contribution in [2.24, 2.45) is 9.81 Å².